The highest BCUT2D eigenvalue weighted by Gasteiger charge is 2.42. The second-order valence-electron chi connectivity index (χ2n) is 6.16. The zero-order valence-electron chi connectivity index (χ0n) is 12.9. The lowest BCUT2D eigenvalue weighted by molar-refractivity contribution is -0.0847. The molecule has 1 aromatic heterocycles. The van der Waals surface area contributed by atoms with Gasteiger partial charge in [0.25, 0.3) is 0 Å². The van der Waals surface area contributed by atoms with E-state index in [1.165, 1.54) is 41.4 Å². The number of hydrogen-bond donors (Lipinski definition) is 1. The summed E-state index contributed by atoms with van der Waals surface area (Å²) in [6, 6.07) is 0. The maximum atomic E-state index is 5.80. The predicted molar refractivity (Wildman–Crippen MR) is 92.7 cm³/mol. The van der Waals surface area contributed by atoms with Crippen LogP contribution in [-0.4, -0.2) is 23.6 Å². The molecule has 0 aliphatic heterocycles. The Morgan fingerprint density at radius 3 is 2.48 bits per heavy atom. The number of ether oxygens (including phenoxy) is 1. The van der Waals surface area contributed by atoms with E-state index in [0.717, 1.165) is 31.0 Å². The maximum absolute atomic E-state index is 5.80. The Labute approximate surface area is 140 Å². The summed E-state index contributed by atoms with van der Waals surface area (Å²) >= 11 is 2.41. The maximum Gasteiger partial charge on any atom is 0.162 e. The van der Waals surface area contributed by atoms with Crippen molar-refractivity contribution >= 4 is 28.4 Å². The van der Waals surface area contributed by atoms with E-state index in [2.05, 4.69) is 34.8 Å². The van der Waals surface area contributed by atoms with E-state index in [1.807, 2.05) is 0 Å². The molecule has 3 rings (SSSR count). The molecule has 2 aliphatic carbocycles. The first-order valence-corrected chi connectivity index (χ1v) is 9.15. The first kappa shape index (κ1) is 15.5. The number of halogens is 1. The molecule has 0 bridgehead atoms. The normalized spacial score (nSPS) is 21.3. The van der Waals surface area contributed by atoms with E-state index >= 15 is 0 Å². The molecule has 0 amide bonds. The number of hydrogen-bond acceptors (Lipinski definition) is 4. The van der Waals surface area contributed by atoms with Crippen LogP contribution in [0.3, 0.4) is 0 Å². The molecule has 0 unspecified atom stereocenters. The Morgan fingerprint density at radius 1 is 1.24 bits per heavy atom. The summed E-state index contributed by atoms with van der Waals surface area (Å²) in [5, 5.41) is 3.41. The predicted octanol–water partition coefficient (Wildman–Crippen LogP) is 4.20. The zero-order chi connectivity index (χ0) is 14.9. The average Bonchev–Trinajstić information content (AvgIpc) is 2.95. The molecule has 1 aromatic rings. The van der Waals surface area contributed by atoms with Crippen molar-refractivity contribution in [3.63, 3.8) is 0 Å². The number of nitrogens with zero attached hydrogens (tertiary/aromatic N) is 2. The molecule has 5 heteroatoms. The van der Waals surface area contributed by atoms with Gasteiger partial charge in [0.15, 0.2) is 5.82 Å². The van der Waals surface area contributed by atoms with Gasteiger partial charge in [-0.15, -0.1) is 0 Å². The molecule has 0 saturated heterocycles. The highest BCUT2D eigenvalue weighted by molar-refractivity contribution is 14.1. The van der Waals surface area contributed by atoms with Gasteiger partial charge in [0, 0.05) is 19.6 Å². The van der Waals surface area contributed by atoms with Crippen LogP contribution in [0.1, 0.15) is 69.3 Å². The van der Waals surface area contributed by atoms with Gasteiger partial charge in [-0.25, -0.2) is 9.97 Å². The second kappa shape index (κ2) is 6.36. The van der Waals surface area contributed by atoms with Crippen molar-refractivity contribution in [1.29, 1.82) is 0 Å². The minimum atomic E-state index is -0.234. The number of aromatic nitrogens is 2. The quantitative estimate of drug-likeness (QED) is 0.752. The molecule has 2 saturated carbocycles. The molecular formula is C16H24IN3O. The van der Waals surface area contributed by atoms with E-state index in [-0.39, 0.29) is 5.60 Å². The Bertz CT molecular complexity index is 505. The van der Waals surface area contributed by atoms with Crippen molar-refractivity contribution in [1.82, 2.24) is 9.97 Å². The van der Waals surface area contributed by atoms with Crippen molar-refractivity contribution in [2.45, 2.75) is 63.4 Å². The van der Waals surface area contributed by atoms with Crippen molar-refractivity contribution in [2.75, 3.05) is 19.0 Å². The van der Waals surface area contributed by atoms with Crippen LogP contribution < -0.4 is 5.32 Å². The van der Waals surface area contributed by atoms with Crippen LogP contribution in [-0.2, 0) is 10.3 Å². The molecule has 1 N–H and O–H groups in total. The Kier molecular flexibility index (Phi) is 4.69. The number of rotatable bonds is 5. The molecule has 21 heavy (non-hydrogen) atoms. The van der Waals surface area contributed by atoms with Crippen LogP contribution in [0.15, 0.2) is 0 Å². The fraction of sp³-hybridized carbons (Fsp3) is 0.750. The molecular weight excluding hydrogens is 377 g/mol. The van der Waals surface area contributed by atoms with Crippen molar-refractivity contribution in [3.05, 3.63) is 15.1 Å². The van der Waals surface area contributed by atoms with Crippen LogP contribution in [0.5, 0.6) is 0 Å². The lowest BCUT2D eigenvalue weighted by atomic mass is 9.79. The van der Waals surface area contributed by atoms with E-state index in [1.54, 1.807) is 7.11 Å². The number of anilines is 1. The van der Waals surface area contributed by atoms with Crippen LogP contribution >= 0.6 is 22.6 Å². The van der Waals surface area contributed by atoms with Gasteiger partial charge in [0.2, 0.25) is 0 Å². The largest absolute Gasteiger partial charge is 0.370 e. The molecule has 1 heterocycles. The number of methoxy groups -OCH3 is 1. The molecule has 0 radical (unpaired) electrons. The standard InChI is InChI=1S/C16H24IN3O/c1-3-18-14-12(17)13(11-7-4-5-8-11)19-15(20-14)16(21-2)9-6-10-16/h11H,3-10H2,1-2H3,(H,18,19,20). The zero-order valence-corrected chi connectivity index (χ0v) is 15.1. The third kappa shape index (κ3) is 2.79. The van der Waals surface area contributed by atoms with Gasteiger partial charge in [-0.1, -0.05) is 12.8 Å². The van der Waals surface area contributed by atoms with Gasteiger partial charge in [0.1, 0.15) is 11.4 Å². The third-order valence-electron chi connectivity index (χ3n) is 4.92. The minimum absolute atomic E-state index is 0.234. The van der Waals surface area contributed by atoms with Crippen LogP contribution in [0.2, 0.25) is 0 Å². The topological polar surface area (TPSA) is 47.0 Å². The minimum Gasteiger partial charge on any atom is -0.370 e. The lowest BCUT2D eigenvalue weighted by Crippen LogP contribution is -2.38. The first-order chi connectivity index (χ1) is 10.2. The van der Waals surface area contributed by atoms with Gasteiger partial charge in [-0.3, -0.25) is 0 Å². The highest BCUT2D eigenvalue weighted by atomic mass is 127. The molecule has 2 fully saturated rings. The fourth-order valence-corrected chi connectivity index (χ4v) is 4.31. The molecule has 0 spiro atoms. The summed E-state index contributed by atoms with van der Waals surface area (Å²) in [5.41, 5.74) is 1.01. The van der Waals surface area contributed by atoms with Crippen LogP contribution in [0, 0.1) is 3.57 Å². The van der Waals surface area contributed by atoms with Crippen molar-refractivity contribution in [3.8, 4) is 0 Å². The molecule has 0 atom stereocenters. The second-order valence-corrected chi connectivity index (χ2v) is 7.24. The van der Waals surface area contributed by atoms with E-state index in [4.69, 9.17) is 14.7 Å². The van der Waals surface area contributed by atoms with Gasteiger partial charge in [-0.05, 0) is 61.6 Å². The van der Waals surface area contributed by atoms with Gasteiger partial charge < -0.3 is 10.1 Å². The fourth-order valence-electron chi connectivity index (χ4n) is 3.44. The smallest absolute Gasteiger partial charge is 0.162 e. The molecule has 0 aromatic carbocycles. The Hall–Kier alpha value is -0.430. The first-order valence-electron chi connectivity index (χ1n) is 8.07. The Morgan fingerprint density at radius 2 is 1.95 bits per heavy atom. The highest BCUT2D eigenvalue weighted by Crippen LogP contribution is 2.45. The summed E-state index contributed by atoms with van der Waals surface area (Å²) in [7, 11) is 1.79. The SMILES string of the molecule is CCNc1nc(C2(OC)CCC2)nc(C2CCCC2)c1I. The Balaban J connectivity index is 2.03. The monoisotopic (exact) mass is 401 g/mol. The summed E-state index contributed by atoms with van der Waals surface area (Å²) in [6.45, 7) is 3.00. The summed E-state index contributed by atoms with van der Waals surface area (Å²) in [6.07, 6.45) is 8.46. The van der Waals surface area contributed by atoms with E-state index in [0.29, 0.717) is 5.92 Å². The van der Waals surface area contributed by atoms with Gasteiger partial charge in [-0.2, -0.15) is 0 Å². The van der Waals surface area contributed by atoms with Gasteiger partial charge in [0.05, 0.1) is 9.26 Å². The third-order valence-corrected chi connectivity index (χ3v) is 5.99. The summed E-state index contributed by atoms with van der Waals surface area (Å²) < 4.78 is 7.00. The summed E-state index contributed by atoms with van der Waals surface area (Å²) in [5.74, 6) is 2.49. The molecule has 4 nitrogen and oxygen atoms in total. The van der Waals surface area contributed by atoms with Crippen LogP contribution in [0.4, 0.5) is 5.82 Å². The van der Waals surface area contributed by atoms with Crippen molar-refractivity contribution < 1.29 is 4.74 Å². The van der Waals surface area contributed by atoms with E-state index < -0.39 is 0 Å². The molecule has 2 aliphatic rings. The lowest BCUT2D eigenvalue weighted by Gasteiger charge is -2.39. The molecule has 116 valence electrons. The van der Waals surface area contributed by atoms with Crippen molar-refractivity contribution in [2.24, 2.45) is 0 Å². The van der Waals surface area contributed by atoms with Crippen LogP contribution in [0.25, 0.3) is 0 Å². The van der Waals surface area contributed by atoms with Gasteiger partial charge >= 0.3 is 0 Å². The average molecular weight is 401 g/mol. The summed E-state index contributed by atoms with van der Waals surface area (Å²) in [4.78, 5) is 9.78. The number of nitrogens with one attached hydrogen (secondary N) is 1. The van der Waals surface area contributed by atoms with E-state index in [9.17, 15) is 0 Å².